The molecule has 0 aliphatic heterocycles. The number of nitrogens with one attached hydrogen (secondary N) is 2. The summed E-state index contributed by atoms with van der Waals surface area (Å²) in [6.45, 7) is 3.67. The summed E-state index contributed by atoms with van der Waals surface area (Å²) in [5.41, 5.74) is 2.40. The molecular formula is C28H31FN8O3S. The van der Waals surface area contributed by atoms with E-state index in [4.69, 9.17) is 0 Å². The Morgan fingerprint density at radius 3 is 2.56 bits per heavy atom. The Balaban J connectivity index is 1.28. The largest absolute Gasteiger partial charge is 0.390 e. The van der Waals surface area contributed by atoms with Gasteiger partial charge in [0.2, 0.25) is 5.95 Å². The fourth-order valence-corrected chi connectivity index (χ4v) is 6.47. The Labute approximate surface area is 237 Å². The summed E-state index contributed by atoms with van der Waals surface area (Å²) in [5.74, 6) is 0.691. The standard InChI is InChI=1S/C28H31FN8O3S/c1-17-11-22(34-24(29)12-17)21-15-31-26(13-23(21)33-19-5-8-28(2,38)9-6-19)35-25-7-10-30-27(36-25)18-14-32-37(16-18)41(39,40)20-3-4-20/h7,10-16,19-20,38H,3-6,8-9H2,1-2H3,(H2,30,31,33,35,36). The summed E-state index contributed by atoms with van der Waals surface area (Å²) in [6.07, 6.45) is 10.3. The Morgan fingerprint density at radius 1 is 1.05 bits per heavy atom. The number of nitrogens with zero attached hydrogens (tertiary/aromatic N) is 6. The van der Waals surface area contributed by atoms with Gasteiger partial charge in [0.1, 0.15) is 11.6 Å². The highest BCUT2D eigenvalue weighted by molar-refractivity contribution is 7.90. The number of anilines is 3. The first-order valence-corrected chi connectivity index (χ1v) is 15.1. The molecule has 6 rings (SSSR count). The van der Waals surface area contributed by atoms with Gasteiger partial charge in [0.25, 0.3) is 10.0 Å². The van der Waals surface area contributed by atoms with E-state index in [0.29, 0.717) is 60.0 Å². The van der Waals surface area contributed by atoms with Crippen molar-refractivity contribution in [1.82, 2.24) is 29.1 Å². The minimum Gasteiger partial charge on any atom is -0.390 e. The summed E-state index contributed by atoms with van der Waals surface area (Å²) in [6, 6.07) is 6.81. The van der Waals surface area contributed by atoms with Crippen LogP contribution in [0.25, 0.3) is 22.6 Å². The van der Waals surface area contributed by atoms with Crippen molar-refractivity contribution in [1.29, 1.82) is 0 Å². The third kappa shape index (κ3) is 6.05. The number of hydrogen-bond donors (Lipinski definition) is 3. The van der Waals surface area contributed by atoms with E-state index in [0.717, 1.165) is 28.2 Å². The number of pyridine rings is 2. The van der Waals surface area contributed by atoms with Crippen molar-refractivity contribution >= 4 is 27.3 Å². The molecule has 0 bridgehead atoms. The van der Waals surface area contributed by atoms with Crippen LogP contribution in [0.5, 0.6) is 0 Å². The molecule has 3 N–H and O–H groups in total. The first-order valence-electron chi connectivity index (χ1n) is 13.6. The van der Waals surface area contributed by atoms with E-state index in [2.05, 4.69) is 35.7 Å². The molecule has 0 spiro atoms. The molecule has 214 valence electrons. The molecule has 2 aliphatic rings. The fourth-order valence-electron chi connectivity index (χ4n) is 4.99. The number of halogens is 1. The van der Waals surface area contributed by atoms with Crippen LogP contribution in [0, 0.1) is 12.9 Å². The van der Waals surface area contributed by atoms with Crippen molar-refractivity contribution in [3.63, 3.8) is 0 Å². The maximum Gasteiger partial charge on any atom is 0.256 e. The van der Waals surface area contributed by atoms with Crippen molar-refractivity contribution in [2.75, 3.05) is 10.6 Å². The van der Waals surface area contributed by atoms with E-state index in [1.807, 2.05) is 26.0 Å². The Morgan fingerprint density at radius 2 is 1.83 bits per heavy atom. The van der Waals surface area contributed by atoms with Crippen molar-refractivity contribution in [2.24, 2.45) is 0 Å². The van der Waals surface area contributed by atoms with Gasteiger partial charge < -0.3 is 15.7 Å². The number of aromatic nitrogens is 6. The van der Waals surface area contributed by atoms with Crippen LogP contribution in [0.1, 0.15) is 51.0 Å². The van der Waals surface area contributed by atoms with E-state index >= 15 is 0 Å². The molecule has 0 unspecified atom stereocenters. The van der Waals surface area contributed by atoms with Crippen molar-refractivity contribution in [2.45, 2.75) is 69.3 Å². The highest BCUT2D eigenvalue weighted by atomic mass is 32.2. The monoisotopic (exact) mass is 578 g/mol. The average Bonchev–Trinajstić information content (AvgIpc) is 3.67. The zero-order valence-electron chi connectivity index (χ0n) is 22.7. The number of hydrogen-bond acceptors (Lipinski definition) is 10. The molecule has 0 saturated heterocycles. The topological polar surface area (TPSA) is 148 Å². The van der Waals surface area contributed by atoms with E-state index in [9.17, 15) is 17.9 Å². The zero-order valence-corrected chi connectivity index (χ0v) is 23.6. The summed E-state index contributed by atoms with van der Waals surface area (Å²) in [5, 5.41) is 20.8. The van der Waals surface area contributed by atoms with Gasteiger partial charge in [-0.1, -0.05) is 0 Å². The lowest BCUT2D eigenvalue weighted by atomic mass is 9.83. The molecule has 13 heteroatoms. The van der Waals surface area contributed by atoms with Crippen LogP contribution in [-0.4, -0.2) is 59.5 Å². The molecule has 2 saturated carbocycles. The second-order valence-electron chi connectivity index (χ2n) is 11.1. The maximum absolute atomic E-state index is 14.2. The molecule has 0 amide bonds. The summed E-state index contributed by atoms with van der Waals surface area (Å²) >= 11 is 0. The minimum atomic E-state index is -3.49. The Kier molecular flexibility index (Phi) is 6.94. The Bertz CT molecular complexity index is 1670. The van der Waals surface area contributed by atoms with Crippen LogP contribution < -0.4 is 10.6 Å². The molecule has 11 nitrogen and oxygen atoms in total. The second-order valence-corrected chi connectivity index (χ2v) is 13.2. The van der Waals surface area contributed by atoms with E-state index in [1.165, 1.54) is 18.5 Å². The van der Waals surface area contributed by atoms with Crippen LogP contribution in [0.4, 0.5) is 21.7 Å². The molecule has 0 radical (unpaired) electrons. The average molecular weight is 579 g/mol. The van der Waals surface area contributed by atoms with Crippen molar-refractivity contribution < 1.29 is 17.9 Å². The first-order chi connectivity index (χ1) is 19.6. The number of aliphatic hydroxyl groups is 1. The highest BCUT2D eigenvalue weighted by Gasteiger charge is 2.37. The van der Waals surface area contributed by atoms with Gasteiger partial charge in [0.15, 0.2) is 5.82 Å². The van der Waals surface area contributed by atoms with Crippen LogP contribution in [0.2, 0.25) is 0 Å². The lowest BCUT2D eigenvalue weighted by Gasteiger charge is -2.34. The summed E-state index contributed by atoms with van der Waals surface area (Å²) in [4.78, 5) is 17.5. The molecule has 0 atom stereocenters. The smallest absolute Gasteiger partial charge is 0.256 e. The van der Waals surface area contributed by atoms with Crippen molar-refractivity contribution in [3.8, 4) is 22.6 Å². The summed E-state index contributed by atoms with van der Waals surface area (Å²) in [7, 11) is -3.49. The van der Waals surface area contributed by atoms with Crippen molar-refractivity contribution in [3.05, 3.63) is 60.6 Å². The van der Waals surface area contributed by atoms with Gasteiger partial charge in [-0.05, 0) is 76.1 Å². The maximum atomic E-state index is 14.2. The normalized spacial score (nSPS) is 21.0. The molecule has 4 aromatic heterocycles. The van der Waals surface area contributed by atoms with Gasteiger partial charge in [-0.15, -0.1) is 0 Å². The molecule has 4 heterocycles. The molecule has 2 fully saturated rings. The van der Waals surface area contributed by atoms with Gasteiger partial charge in [-0.25, -0.2) is 28.4 Å². The predicted molar refractivity (Wildman–Crippen MR) is 153 cm³/mol. The first kappa shape index (κ1) is 27.2. The molecule has 0 aromatic carbocycles. The summed E-state index contributed by atoms with van der Waals surface area (Å²) < 4.78 is 40.2. The van der Waals surface area contributed by atoms with Gasteiger partial charge in [0, 0.05) is 35.8 Å². The van der Waals surface area contributed by atoms with Gasteiger partial charge >= 0.3 is 0 Å². The molecular weight excluding hydrogens is 547 g/mol. The Hall–Kier alpha value is -3.97. The van der Waals surface area contributed by atoms with Crippen LogP contribution >= 0.6 is 0 Å². The number of rotatable bonds is 8. The fraction of sp³-hybridized carbons (Fsp3) is 0.393. The third-order valence-corrected chi connectivity index (χ3v) is 9.51. The third-order valence-electron chi connectivity index (χ3n) is 7.48. The van der Waals surface area contributed by atoms with Gasteiger partial charge in [-0.3, -0.25) is 0 Å². The SMILES string of the molecule is Cc1cc(F)nc(-c2cnc(Nc3ccnc(-c4cnn(S(=O)(=O)C5CC5)c4)n3)cc2NC2CCC(C)(O)CC2)c1. The quantitative estimate of drug-likeness (QED) is 0.256. The highest BCUT2D eigenvalue weighted by Crippen LogP contribution is 2.35. The zero-order chi connectivity index (χ0) is 28.8. The van der Waals surface area contributed by atoms with E-state index in [1.54, 1.807) is 18.5 Å². The molecule has 4 aromatic rings. The molecule has 2 aliphatic carbocycles. The second kappa shape index (κ2) is 10.5. The molecule has 41 heavy (non-hydrogen) atoms. The van der Waals surface area contributed by atoms with E-state index in [-0.39, 0.29) is 11.3 Å². The van der Waals surface area contributed by atoms with Crippen LogP contribution in [0.15, 0.2) is 49.1 Å². The lowest BCUT2D eigenvalue weighted by Crippen LogP contribution is -2.35. The van der Waals surface area contributed by atoms with E-state index < -0.39 is 21.6 Å². The number of aryl methyl sites for hydroxylation is 1. The van der Waals surface area contributed by atoms with Crippen LogP contribution in [0.3, 0.4) is 0 Å². The predicted octanol–water partition coefficient (Wildman–Crippen LogP) is 4.43. The van der Waals surface area contributed by atoms with Crippen LogP contribution in [-0.2, 0) is 10.0 Å². The minimum absolute atomic E-state index is 0.119. The lowest BCUT2D eigenvalue weighted by molar-refractivity contribution is 0.0196. The van der Waals surface area contributed by atoms with Gasteiger partial charge in [-0.2, -0.15) is 13.6 Å². The van der Waals surface area contributed by atoms with Gasteiger partial charge in [0.05, 0.1) is 34.5 Å².